The van der Waals surface area contributed by atoms with Crippen molar-refractivity contribution in [2.75, 3.05) is 18.6 Å². The van der Waals surface area contributed by atoms with Crippen molar-refractivity contribution in [3.8, 4) is 0 Å². The predicted octanol–water partition coefficient (Wildman–Crippen LogP) is 0.593. The Bertz CT molecular complexity index is 130. The fourth-order valence-electron chi connectivity index (χ4n) is 0.755. The first-order valence-corrected chi connectivity index (χ1v) is 5.64. The molecule has 0 aromatic heterocycles. The number of hydrogen-bond acceptors (Lipinski definition) is 3. The van der Waals surface area contributed by atoms with Gasteiger partial charge in [0.15, 0.2) is 0 Å². The molecule has 1 amide bonds. The Hall–Kier alpha value is -0.220. The highest BCUT2D eigenvalue weighted by molar-refractivity contribution is 7.98. The number of carbonyl (C=O) groups is 1. The molecule has 0 spiro atoms. The van der Waals surface area contributed by atoms with Crippen LogP contribution >= 0.6 is 11.8 Å². The van der Waals surface area contributed by atoms with Gasteiger partial charge in [0, 0.05) is 6.54 Å². The first-order chi connectivity index (χ1) is 5.72. The lowest BCUT2D eigenvalue weighted by atomic mass is 10.2. The minimum atomic E-state index is -0.330. The van der Waals surface area contributed by atoms with Gasteiger partial charge >= 0.3 is 0 Å². The molecule has 3 nitrogen and oxygen atoms in total. The highest BCUT2D eigenvalue weighted by atomic mass is 32.2. The van der Waals surface area contributed by atoms with Gasteiger partial charge in [-0.3, -0.25) is 4.79 Å². The fourth-order valence-corrected chi connectivity index (χ4v) is 1.24. The van der Waals surface area contributed by atoms with Crippen molar-refractivity contribution in [3.05, 3.63) is 0 Å². The van der Waals surface area contributed by atoms with Crippen molar-refractivity contribution in [2.24, 2.45) is 5.73 Å². The molecule has 0 aliphatic carbocycles. The molecule has 0 fully saturated rings. The molecule has 72 valence electrons. The van der Waals surface area contributed by atoms with Gasteiger partial charge in [-0.05, 0) is 24.9 Å². The van der Waals surface area contributed by atoms with Crippen LogP contribution in [0.25, 0.3) is 0 Å². The van der Waals surface area contributed by atoms with E-state index in [1.807, 2.05) is 13.2 Å². The van der Waals surface area contributed by atoms with Crippen LogP contribution < -0.4 is 11.1 Å². The lowest BCUT2D eigenvalue weighted by molar-refractivity contribution is -0.122. The zero-order chi connectivity index (χ0) is 9.40. The number of nitrogens with two attached hydrogens (primary N) is 1. The van der Waals surface area contributed by atoms with Crippen LogP contribution in [0.15, 0.2) is 0 Å². The maximum absolute atomic E-state index is 11.2. The van der Waals surface area contributed by atoms with E-state index >= 15 is 0 Å². The molecule has 0 bridgehead atoms. The summed E-state index contributed by atoms with van der Waals surface area (Å²) >= 11 is 1.71. The van der Waals surface area contributed by atoms with Gasteiger partial charge in [0.25, 0.3) is 0 Å². The number of hydrogen-bond donors (Lipinski definition) is 2. The molecule has 0 aliphatic rings. The van der Waals surface area contributed by atoms with Crippen LogP contribution in [0, 0.1) is 0 Å². The van der Waals surface area contributed by atoms with Crippen molar-refractivity contribution in [3.63, 3.8) is 0 Å². The molecule has 0 radical (unpaired) electrons. The summed E-state index contributed by atoms with van der Waals surface area (Å²) in [4.78, 5) is 11.2. The largest absolute Gasteiger partial charge is 0.355 e. The van der Waals surface area contributed by atoms with Gasteiger partial charge in [-0.2, -0.15) is 11.8 Å². The van der Waals surface area contributed by atoms with Crippen molar-refractivity contribution in [1.29, 1.82) is 0 Å². The Morgan fingerprint density at radius 3 is 2.83 bits per heavy atom. The predicted molar refractivity (Wildman–Crippen MR) is 54.3 cm³/mol. The second-order valence-corrected chi connectivity index (χ2v) is 3.66. The Morgan fingerprint density at radius 2 is 2.33 bits per heavy atom. The summed E-state index contributed by atoms with van der Waals surface area (Å²) < 4.78 is 0. The molecule has 0 saturated heterocycles. The van der Waals surface area contributed by atoms with E-state index in [1.165, 1.54) is 0 Å². The molecular formula is C8H18N2OS. The summed E-state index contributed by atoms with van der Waals surface area (Å²) in [6, 6.07) is -0.330. The monoisotopic (exact) mass is 190 g/mol. The molecule has 3 N–H and O–H groups in total. The molecule has 0 aromatic rings. The van der Waals surface area contributed by atoms with Crippen molar-refractivity contribution < 1.29 is 4.79 Å². The van der Waals surface area contributed by atoms with Gasteiger partial charge in [0.05, 0.1) is 6.04 Å². The normalized spacial score (nSPS) is 12.6. The zero-order valence-corrected chi connectivity index (χ0v) is 8.62. The summed E-state index contributed by atoms with van der Waals surface area (Å²) in [7, 11) is 0. The third-order valence-corrected chi connectivity index (χ3v) is 2.16. The Kier molecular flexibility index (Phi) is 7.29. The Labute approximate surface area is 78.5 Å². The third kappa shape index (κ3) is 5.43. The van der Waals surface area contributed by atoms with E-state index in [0.29, 0.717) is 0 Å². The summed E-state index contributed by atoms with van der Waals surface area (Å²) in [5.41, 5.74) is 5.62. The van der Waals surface area contributed by atoms with Gasteiger partial charge in [-0.15, -0.1) is 0 Å². The van der Waals surface area contributed by atoms with Crippen LogP contribution in [-0.2, 0) is 4.79 Å². The molecule has 0 rings (SSSR count). The number of nitrogens with one attached hydrogen (secondary N) is 1. The lowest BCUT2D eigenvalue weighted by Gasteiger charge is -2.10. The van der Waals surface area contributed by atoms with E-state index in [9.17, 15) is 4.79 Å². The second kappa shape index (κ2) is 7.43. The van der Waals surface area contributed by atoms with Gasteiger partial charge in [0.2, 0.25) is 5.91 Å². The maximum Gasteiger partial charge on any atom is 0.236 e. The van der Waals surface area contributed by atoms with Crippen molar-refractivity contribution in [2.45, 2.75) is 25.8 Å². The maximum atomic E-state index is 11.2. The summed E-state index contributed by atoms with van der Waals surface area (Å²) in [6.45, 7) is 2.75. The lowest BCUT2D eigenvalue weighted by Crippen LogP contribution is -2.41. The molecule has 0 unspecified atom stereocenters. The van der Waals surface area contributed by atoms with Crippen LogP contribution in [0.4, 0.5) is 0 Å². The minimum absolute atomic E-state index is 0.0223. The average Bonchev–Trinajstić information content (AvgIpc) is 2.10. The van der Waals surface area contributed by atoms with Gasteiger partial charge in [-0.1, -0.05) is 6.92 Å². The van der Waals surface area contributed by atoms with Crippen LogP contribution in [0.5, 0.6) is 0 Å². The number of thioether (sulfide) groups is 1. The third-order valence-electron chi connectivity index (χ3n) is 1.52. The van der Waals surface area contributed by atoms with Gasteiger partial charge < -0.3 is 11.1 Å². The molecule has 12 heavy (non-hydrogen) atoms. The molecule has 0 aromatic carbocycles. The second-order valence-electron chi connectivity index (χ2n) is 2.68. The fraction of sp³-hybridized carbons (Fsp3) is 0.875. The van der Waals surface area contributed by atoms with Crippen molar-refractivity contribution in [1.82, 2.24) is 5.32 Å². The first-order valence-electron chi connectivity index (χ1n) is 4.24. The van der Waals surface area contributed by atoms with Gasteiger partial charge in [-0.25, -0.2) is 0 Å². The van der Waals surface area contributed by atoms with E-state index in [-0.39, 0.29) is 11.9 Å². The van der Waals surface area contributed by atoms with Crippen molar-refractivity contribution >= 4 is 17.7 Å². The van der Waals surface area contributed by atoms with E-state index in [4.69, 9.17) is 5.73 Å². The Morgan fingerprint density at radius 1 is 1.67 bits per heavy atom. The van der Waals surface area contributed by atoms with E-state index < -0.39 is 0 Å². The van der Waals surface area contributed by atoms with Crippen LogP contribution in [0.3, 0.4) is 0 Å². The van der Waals surface area contributed by atoms with Crippen LogP contribution in [0.2, 0.25) is 0 Å². The van der Waals surface area contributed by atoms with E-state index in [1.54, 1.807) is 11.8 Å². The summed E-state index contributed by atoms with van der Waals surface area (Å²) in [6.07, 6.45) is 3.73. The Balaban J connectivity index is 3.47. The molecule has 0 aliphatic heterocycles. The van der Waals surface area contributed by atoms with E-state index in [2.05, 4.69) is 5.32 Å². The average molecular weight is 190 g/mol. The SMILES string of the molecule is CCCNC(=O)[C@H](N)CCSC. The highest BCUT2D eigenvalue weighted by Gasteiger charge is 2.10. The van der Waals surface area contributed by atoms with Crippen LogP contribution in [-0.4, -0.2) is 30.5 Å². The minimum Gasteiger partial charge on any atom is -0.355 e. The smallest absolute Gasteiger partial charge is 0.236 e. The highest BCUT2D eigenvalue weighted by Crippen LogP contribution is 1.98. The molecule has 4 heteroatoms. The standard InChI is InChI=1S/C8H18N2OS/c1-3-5-10-8(11)7(9)4-6-12-2/h7H,3-6,9H2,1-2H3,(H,10,11)/t7-/m1/s1. The molecule has 1 atom stereocenters. The quantitative estimate of drug-likeness (QED) is 0.644. The molecule has 0 saturated carbocycles. The number of rotatable bonds is 6. The number of carbonyl (C=O) groups excluding carboxylic acids is 1. The number of amides is 1. The zero-order valence-electron chi connectivity index (χ0n) is 7.80. The van der Waals surface area contributed by atoms with Crippen LogP contribution in [0.1, 0.15) is 19.8 Å². The summed E-state index contributed by atoms with van der Waals surface area (Å²) in [5, 5.41) is 2.77. The topological polar surface area (TPSA) is 55.1 Å². The first kappa shape index (κ1) is 11.8. The van der Waals surface area contributed by atoms with Gasteiger partial charge in [0.1, 0.15) is 0 Å². The van der Waals surface area contributed by atoms with E-state index in [0.717, 1.165) is 25.1 Å². The molecular weight excluding hydrogens is 172 g/mol. The summed E-state index contributed by atoms with van der Waals surface area (Å²) in [5.74, 6) is 0.923. The molecule has 0 heterocycles.